The molecule has 0 saturated heterocycles. The van der Waals surface area contributed by atoms with Crippen LogP contribution in [0.4, 0.5) is 0 Å². The molecule has 1 aliphatic carbocycles. The fourth-order valence-electron chi connectivity index (χ4n) is 3.50. The van der Waals surface area contributed by atoms with E-state index in [0.717, 1.165) is 18.5 Å². The zero-order valence-corrected chi connectivity index (χ0v) is 16.0. The number of carbonyl (C=O) groups excluding carboxylic acids is 2. The molecule has 144 valence electrons. The first-order valence-electron chi connectivity index (χ1n) is 9.60. The third kappa shape index (κ3) is 4.96. The van der Waals surface area contributed by atoms with Gasteiger partial charge >= 0.3 is 0 Å². The van der Waals surface area contributed by atoms with Crippen LogP contribution in [-0.4, -0.2) is 39.9 Å². The number of hydrogen-bond donors (Lipinski definition) is 1. The minimum absolute atomic E-state index is 0.00331. The first-order valence-corrected chi connectivity index (χ1v) is 9.60. The van der Waals surface area contributed by atoms with E-state index in [1.165, 1.54) is 32.6 Å². The topological polar surface area (TPSA) is 75.3 Å². The zero-order valence-electron chi connectivity index (χ0n) is 16.0. The number of nitrogens with zero attached hydrogens (tertiary/aromatic N) is 2. The van der Waals surface area contributed by atoms with Crippen LogP contribution in [-0.2, 0) is 6.61 Å². The average molecular weight is 369 g/mol. The van der Waals surface area contributed by atoms with E-state index in [1.54, 1.807) is 30.3 Å². The number of rotatable bonds is 6. The van der Waals surface area contributed by atoms with Crippen molar-refractivity contribution in [3.8, 4) is 5.75 Å². The summed E-state index contributed by atoms with van der Waals surface area (Å²) in [6.45, 7) is 1.78. The second-order valence-corrected chi connectivity index (χ2v) is 7.21. The summed E-state index contributed by atoms with van der Waals surface area (Å²) in [4.78, 5) is 26.0. The lowest BCUT2D eigenvalue weighted by Gasteiger charge is -2.26. The lowest BCUT2D eigenvalue weighted by Crippen LogP contribution is -2.36. The van der Waals surface area contributed by atoms with Gasteiger partial charge in [0.25, 0.3) is 5.91 Å². The second kappa shape index (κ2) is 8.84. The van der Waals surface area contributed by atoms with Gasteiger partial charge in [0.1, 0.15) is 12.4 Å². The molecule has 3 rings (SSSR count). The number of ether oxygens (including phenoxy) is 1. The van der Waals surface area contributed by atoms with E-state index in [-0.39, 0.29) is 18.3 Å². The first kappa shape index (κ1) is 19.1. The normalized spacial score (nSPS) is 15.2. The molecule has 0 atom stereocenters. The molecule has 2 aromatic rings. The lowest BCUT2D eigenvalue weighted by atomic mass is 10.1. The summed E-state index contributed by atoms with van der Waals surface area (Å²) < 4.78 is 5.72. The van der Waals surface area contributed by atoms with Gasteiger partial charge in [0.05, 0.1) is 5.69 Å². The van der Waals surface area contributed by atoms with Gasteiger partial charge in [0.15, 0.2) is 11.5 Å². The Labute approximate surface area is 159 Å². The van der Waals surface area contributed by atoms with Gasteiger partial charge < -0.3 is 9.64 Å². The van der Waals surface area contributed by atoms with Crippen molar-refractivity contribution >= 4 is 11.7 Å². The smallest absolute Gasteiger partial charge is 0.274 e. The molecule has 1 aromatic heterocycles. The Morgan fingerprint density at radius 1 is 1.19 bits per heavy atom. The quantitative estimate of drug-likeness (QED) is 0.617. The van der Waals surface area contributed by atoms with Gasteiger partial charge in [-0.15, -0.1) is 0 Å². The van der Waals surface area contributed by atoms with Gasteiger partial charge in [-0.2, -0.15) is 5.10 Å². The SMILES string of the molecule is CC(=O)c1cccc(OCc2cc(C(=O)N(C)C3CCCCCC3)n[nH]2)c1. The van der Waals surface area contributed by atoms with Gasteiger partial charge in [-0.3, -0.25) is 14.7 Å². The second-order valence-electron chi connectivity index (χ2n) is 7.21. The summed E-state index contributed by atoms with van der Waals surface area (Å²) in [5.41, 5.74) is 1.75. The Balaban J connectivity index is 1.59. The fourth-order valence-corrected chi connectivity index (χ4v) is 3.50. The van der Waals surface area contributed by atoms with Crippen LogP contribution in [0.5, 0.6) is 5.75 Å². The molecule has 27 heavy (non-hydrogen) atoms. The van der Waals surface area contributed by atoms with Crippen molar-refractivity contribution in [2.45, 2.75) is 58.1 Å². The maximum absolute atomic E-state index is 12.7. The number of aromatic nitrogens is 2. The van der Waals surface area contributed by atoms with Crippen molar-refractivity contribution in [3.05, 3.63) is 47.3 Å². The molecule has 6 heteroatoms. The molecule has 1 N–H and O–H groups in total. The van der Waals surface area contributed by atoms with E-state index in [0.29, 0.717) is 23.0 Å². The summed E-state index contributed by atoms with van der Waals surface area (Å²) in [6.07, 6.45) is 7.01. The zero-order chi connectivity index (χ0) is 19.2. The average Bonchev–Trinajstić information content (AvgIpc) is 2.98. The van der Waals surface area contributed by atoms with Crippen LogP contribution >= 0.6 is 0 Å². The number of amides is 1. The van der Waals surface area contributed by atoms with E-state index in [4.69, 9.17) is 4.74 Å². The Kier molecular flexibility index (Phi) is 6.27. The molecule has 0 bridgehead atoms. The minimum atomic E-state index is -0.0528. The van der Waals surface area contributed by atoms with Gasteiger partial charge in [0.2, 0.25) is 0 Å². The number of carbonyl (C=O) groups is 2. The summed E-state index contributed by atoms with van der Waals surface area (Å²) in [7, 11) is 1.87. The highest BCUT2D eigenvalue weighted by Crippen LogP contribution is 2.22. The highest BCUT2D eigenvalue weighted by atomic mass is 16.5. The van der Waals surface area contributed by atoms with Crippen LogP contribution in [0.3, 0.4) is 0 Å². The van der Waals surface area contributed by atoms with Crippen LogP contribution in [0.15, 0.2) is 30.3 Å². The Hall–Kier alpha value is -2.63. The molecule has 1 aromatic carbocycles. The van der Waals surface area contributed by atoms with Crippen molar-refractivity contribution in [2.24, 2.45) is 0 Å². The van der Waals surface area contributed by atoms with Crippen molar-refractivity contribution in [2.75, 3.05) is 7.05 Å². The van der Waals surface area contributed by atoms with Gasteiger partial charge in [0, 0.05) is 18.7 Å². The van der Waals surface area contributed by atoms with E-state index in [1.807, 2.05) is 11.9 Å². The molecule has 1 amide bonds. The highest BCUT2D eigenvalue weighted by molar-refractivity contribution is 5.94. The predicted octanol–water partition coefficient (Wildman–Crippen LogP) is 3.99. The molecule has 1 saturated carbocycles. The first-order chi connectivity index (χ1) is 13.0. The van der Waals surface area contributed by atoms with Gasteiger partial charge in [-0.25, -0.2) is 0 Å². The van der Waals surface area contributed by atoms with E-state index >= 15 is 0 Å². The van der Waals surface area contributed by atoms with Gasteiger partial charge in [-0.1, -0.05) is 37.8 Å². The number of Topliss-reactive ketones (excluding diaryl/α,β-unsaturated/α-hetero) is 1. The Morgan fingerprint density at radius 3 is 2.63 bits per heavy atom. The van der Waals surface area contributed by atoms with Crippen molar-refractivity contribution in [1.82, 2.24) is 15.1 Å². The monoisotopic (exact) mass is 369 g/mol. The van der Waals surface area contributed by atoms with E-state index < -0.39 is 0 Å². The van der Waals surface area contributed by atoms with Crippen LogP contribution < -0.4 is 4.74 Å². The Morgan fingerprint density at radius 2 is 1.93 bits per heavy atom. The van der Waals surface area contributed by atoms with E-state index in [2.05, 4.69) is 10.2 Å². The third-order valence-corrected chi connectivity index (χ3v) is 5.18. The molecule has 1 heterocycles. The third-order valence-electron chi connectivity index (χ3n) is 5.18. The van der Waals surface area contributed by atoms with Crippen LogP contribution in [0, 0.1) is 0 Å². The Bertz CT molecular complexity index is 791. The highest BCUT2D eigenvalue weighted by Gasteiger charge is 2.23. The van der Waals surface area contributed by atoms with Crippen molar-refractivity contribution in [3.63, 3.8) is 0 Å². The number of ketones is 1. The number of benzene rings is 1. The summed E-state index contributed by atoms with van der Waals surface area (Å²) >= 11 is 0. The summed E-state index contributed by atoms with van der Waals surface area (Å²) in [5.74, 6) is 0.556. The molecule has 0 radical (unpaired) electrons. The molecule has 0 spiro atoms. The van der Waals surface area contributed by atoms with Crippen molar-refractivity contribution in [1.29, 1.82) is 0 Å². The van der Waals surface area contributed by atoms with Crippen LogP contribution in [0.1, 0.15) is 72.0 Å². The molecular formula is C21H27N3O3. The number of aromatic amines is 1. The molecular weight excluding hydrogens is 342 g/mol. The molecule has 6 nitrogen and oxygen atoms in total. The summed E-state index contributed by atoms with van der Waals surface area (Å²) in [5, 5.41) is 7.04. The van der Waals surface area contributed by atoms with Crippen molar-refractivity contribution < 1.29 is 14.3 Å². The summed E-state index contributed by atoms with van der Waals surface area (Å²) in [6, 6.07) is 9.09. The predicted molar refractivity (Wildman–Crippen MR) is 103 cm³/mol. The van der Waals surface area contributed by atoms with Crippen LogP contribution in [0.25, 0.3) is 0 Å². The largest absolute Gasteiger partial charge is 0.487 e. The standard InChI is InChI=1S/C21H27N3O3/c1-15(25)16-8-7-11-19(12-16)27-14-17-13-20(23-22-17)21(26)24(2)18-9-5-3-4-6-10-18/h7-8,11-13,18H,3-6,9-10,14H2,1-2H3,(H,22,23). The number of H-pyrrole nitrogens is 1. The van der Waals surface area contributed by atoms with E-state index in [9.17, 15) is 9.59 Å². The lowest BCUT2D eigenvalue weighted by molar-refractivity contribution is 0.0711. The number of hydrogen-bond acceptors (Lipinski definition) is 4. The van der Waals surface area contributed by atoms with Gasteiger partial charge in [-0.05, 0) is 38.0 Å². The molecule has 1 fully saturated rings. The number of nitrogens with one attached hydrogen (secondary N) is 1. The maximum Gasteiger partial charge on any atom is 0.274 e. The minimum Gasteiger partial charge on any atom is -0.487 e. The molecule has 1 aliphatic rings. The molecule has 0 aliphatic heterocycles. The maximum atomic E-state index is 12.7. The molecule has 0 unspecified atom stereocenters. The fraction of sp³-hybridized carbons (Fsp3) is 0.476. The van der Waals surface area contributed by atoms with Crippen LogP contribution in [0.2, 0.25) is 0 Å².